The topological polar surface area (TPSA) is 86.8 Å². The number of rotatable bonds is 12. The molecule has 0 saturated carbocycles. The Hall–Kier alpha value is -3.43. The second-order valence-electron chi connectivity index (χ2n) is 9.37. The smallest absolute Gasteiger partial charge is 0.244 e. The van der Waals surface area contributed by atoms with Crippen molar-refractivity contribution in [2.24, 2.45) is 0 Å². The van der Waals surface area contributed by atoms with E-state index < -0.39 is 34.3 Å². The number of hydrogen-bond acceptors (Lipinski definition) is 4. The standard InChI is InChI=1S/C29H33ClFN3O4S/c1-4-16-32-29(36)27(17-22-8-6-5-7-9-22)33(19-23-12-10-21(2)11-13-23)28(35)20-34(39(3,37)38)24-14-15-26(31)25(30)18-24/h5-15,18,27H,4,16-17,19-20H2,1-3H3,(H,32,36)/t27-/m1/s1. The van der Waals surface area contributed by atoms with Crippen LogP contribution in [0.5, 0.6) is 0 Å². The van der Waals surface area contributed by atoms with E-state index in [-0.39, 0.29) is 29.6 Å². The molecule has 0 fully saturated rings. The fraction of sp³-hybridized carbons (Fsp3) is 0.310. The summed E-state index contributed by atoms with van der Waals surface area (Å²) in [5.41, 5.74) is 2.71. The Bertz CT molecular complexity index is 1390. The summed E-state index contributed by atoms with van der Waals surface area (Å²) in [5.74, 6) is -1.64. The summed E-state index contributed by atoms with van der Waals surface area (Å²) in [6.07, 6.45) is 1.90. The number of sulfonamides is 1. The van der Waals surface area contributed by atoms with E-state index in [2.05, 4.69) is 5.32 Å². The van der Waals surface area contributed by atoms with Crippen molar-refractivity contribution in [1.29, 1.82) is 0 Å². The van der Waals surface area contributed by atoms with E-state index in [1.54, 1.807) is 0 Å². The minimum Gasteiger partial charge on any atom is -0.354 e. The van der Waals surface area contributed by atoms with E-state index in [0.717, 1.165) is 39.4 Å². The molecule has 3 rings (SSSR count). The van der Waals surface area contributed by atoms with E-state index >= 15 is 0 Å². The molecule has 0 bridgehead atoms. The molecule has 0 spiro atoms. The van der Waals surface area contributed by atoms with Gasteiger partial charge in [-0.1, -0.05) is 78.7 Å². The lowest BCUT2D eigenvalue weighted by atomic mass is 10.0. The monoisotopic (exact) mass is 573 g/mol. The molecular weight excluding hydrogens is 541 g/mol. The maximum Gasteiger partial charge on any atom is 0.244 e. The van der Waals surface area contributed by atoms with Gasteiger partial charge < -0.3 is 10.2 Å². The van der Waals surface area contributed by atoms with E-state index in [4.69, 9.17) is 11.6 Å². The van der Waals surface area contributed by atoms with Crippen LogP contribution in [0.4, 0.5) is 10.1 Å². The summed E-state index contributed by atoms with van der Waals surface area (Å²) < 4.78 is 40.2. The van der Waals surface area contributed by atoms with Gasteiger partial charge in [-0.25, -0.2) is 12.8 Å². The van der Waals surface area contributed by atoms with Crippen LogP contribution in [0.25, 0.3) is 0 Å². The first-order chi connectivity index (χ1) is 18.5. The molecule has 0 aromatic heterocycles. The summed E-state index contributed by atoms with van der Waals surface area (Å²) in [6.45, 7) is 3.79. The molecule has 10 heteroatoms. The highest BCUT2D eigenvalue weighted by molar-refractivity contribution is 7.92. The molecular formula is C29H33ClFN3O4S. The Labute approximate surface area is 234 Å². The lowest BCUT2D eigenvalue weighted by Crippen LogP contribution is -2.53. The summed E-state index contributed by atoms with van der Waals surface area (Å²) >= 11 is 5.91. The van der Waals surface area contributed by atoms with Gasteiger partial charge in [0.25, 0.3) is 0 Å². The van der Waals surface area contributed by atoms with Crippen LogP contribution in [0.15, 0.2) is 72.8 Å². The van der Waals surface area contributed by atoms with Crippen molar-refractivity contribution >= 4 is 39.1 Å². The van der Waals surface area contributed by atoms with Crippen LogP contribution in [0.3, 0.4) is 0 Å². The van der Waals surface area contributed by atoms with Crippen LogP contribution < -0.4 is 9.62 Å². The molecule has 39 heavy (non-hydrogen) atoms. The normalized spacial score (nSPS) is 12.0. The first-order valence-electron chi connectivity index (χ1n) is 12.6. The van der Waals surface area contributed by atoms with Crippen molar-refractivity contribution in [1.82, 2.24) is 10.2 Å². The number of halogens is 2. The third-order valence-corrected chi connectivity index (χ3v) is 7.59. The first kappa shape index (κ1) is 30.1. The van der Waals surface area contributed by atoms with Gasteiger partial charge in [0.15, 0.2) is 0 Å². The number of hydrogen-bond donors (Lipinski definition) is 1. The van der Waals surface area contributed by atoms with E-state index in [9.17, 15) is 22.4 Å². The zero-order chi connectivity index (χ0) is 28.6. The lowest BCUT2D eigenvalue weighted by molar-refractivity contribution is -0.140. The van der Waals surface area contributed by atoms with Gasteiger partial charge in [0.1, 0.15) is 18.4 Å². The maximum absolute atomic E-state index is 13.9. The number of anilines is 1. The Balaban J connectivity index is 2.04. The SMILES string of the molecule is CCCNC(=O)[C@@H](Cc1ccccc1)N(Cc1ccc(C)cc1)C(=O)CN(c1ccc(F)c(Cl)c1)S(C)(=O)=O. The molecule has 0 aliphatic rings. The molecule has 3 aromatic carbocycles. The average molecular weight is 574 g/mol. The molecule has 1 N–H and O–H groups in total. The number of carbonyl (C=O) groups is 2. The summed E-state index contributed by atoms with van der Waals surface area (Å²) in [4.78, 5) is 28.8. The number of nitrogens with zero attached hydrogens (tertiary/aromatic N) is 2. The van der Waals surface area contributed by atoms with E-state index in [0.29, 0.717) is 13.0 Å². The Kier molecular flexibility index (Phi) is 10.5. The number of carbonyl (C=O) groups excluding carboxylic acids is 2. The molecule has 1 atom stereocenters. The highest BCUT2D eigenvalue weighted by atomic mass is 35.5. The van der Waals surface area contributed by atoms with Crippen LogP contribution in [-0.2, 0) is 32.6 Å². The molecule has 0 radical (unpaired) electrons. The van der Waals surface area contributed by atoms with E-state index in [1.807, 2.05) is 68.4 Å². The van der Waals surface area contributed by atoms with Crippen LogP contribution in [0.1, 0.15) is 30.0 Å². The van der Waals surface area contributed by atoms with Crippen molar-refractivity contribution in [2.75, 3.05) is 23.7 Å². The van der Waals surface area contributed by atoms with Crippen molar-refractivity contribution in [2.45, 2.75) is 39.3 Å². The zero-order valence-electron chi connectivity index (χ0n) is 22.2. The van der Waals surface area contributed by atoms with Gasteiger partial charge in [-0.2, -0.15) is 0 Å². The summed E-state index contributed by atoms with van der Waals surface area (Å²) in [5, 5.41) is 2.62. The van der Waals surface area contributed by atoms with Gasteiger partial charge in [-0.15, -0.1) is 0 Å². The minimum absolute atomic E-state index is 0.0441. The minimum atomic E-state index is -3.97. The fourth-order valence-electron chi connectivity index (χ4n) is 4.06. The van der Waals surface area contributed by atoms with Gasteiger partial charge in [-0.05, 0) is 42.7 Å². The van der Waals surface area contributed by atoms with Crippen LogP contribution >= 0.6 is 11.6 Å². The predicted octanol–water partition coefficient (Wildman–Crippen LogP) is 4.72. The number of nitrogens with one attached hydrogen (secondary N) is 1. The number of amides is 2. The van der Waals surface area contributed by atoms with Gasteiger partial charge in [0, 0.05) is 19.5 Å². The fourth-order valence-corrected chi connectivity index (χ4v) is 5.08. The molecule has 0 saturated heterocycles. The Morgan fingerprint density at radius 3 is 2.26 bits per heavy atom. The van der Waals surface area contributed by atoms with Crippen LogP contribution in [0, 0.1) is 12.7 Å². The second kappa shape index (κ2) is 13.6. The molecule has 0 unspecified atom stereocenters. The number of aryl methyl sites for hydroxylation is 1. The average Bonchev–Trinajstić information content (AvgIpc) is 2.90. The third-order valence-electron chi connectivity index (χ3n) is 6.16. The van der Waals surface area contributed by atoms with Gasteiger partial charge in [-0.3, -0.25) is 13.9 Å². The molecule has 3 aromatic rings. The third kappa shape index (κ3) is 8.53. The van der Waals surface area contributed by atoms with Crippen LogP contribution in [0.2, 0.25) is 5.02 Å². The first-order valence-corrected chi connectivity index (χ1v) is 14.8. The predicted molar refractivity (Wildman–Crippen MR) is 153 cm³/mol. The van der Waals surface area contributed by atoms with Gasteiger partial charge in [0.2, 0.25) is 21.8 Å². The number of benzene rings is 3. The van der Waals surface area contributed by atoms with Crippen molar-refractivity contribution in [3.63, 3.8) is 0 Å². The van der Waals surface area contributed by atoms with E-state index in [1.165, 1.54) is 11.0 Å². The Morgan fingerprint density at radius 2 is 1.67 bits per heavy atom. The molecule has 0 heterocycles. The molecule has 2 amide bonds. The van der Waals surface area contributed by atoms with Crippen LogP contribution in [-0.4, -0.2) is 50.5 Å². The molecule has 7 nitrogen and oxygen atoms in total. The largest absolute Gasteiger partial charge is 0.354 e. The quantitative estimate of drug-likeness (QED) is 0.340. The van der Waals surface area contributed by atoms with Crippen molar-refractivity contribution in [3.05, 3.63) is 100 Å². The zero-order valence-corrected chi connectivity index (χ0v) is 23.8. The molecule has 208 valence electrons. The second-order valence-corrected chi connectivity index (χ2v) is 11.7. The maximum atomic E-state index is 13.9. The highest BCUT2D eigenvalue weighted by Crippen LogP contribution is 2.25. The summed E-state index contributed by atoms with van der Waals surface area (Å²) in [6, 6.07) is 19.4. The molecule has 0 aliphatic heterocycles. The Morgan fingerprint density at radius 1 is 1.00 bits per heavy atom. The molecule has 0 aliphatic carbocycles. The van der Waals surface area contributed by atoms with Gasteiger partial charge in [0.05, 0.1) is 17.0 Å². The summed E-state index contributed by atoms with van der Waals surface area (Å²) in [7, 11) is -3.97. The highest BCUT2D eigenvalue weighted by Gasteiger charge is 2.33. The lowest BCUT2D eigenvalue weighted by Gasteiger charge is -2.33. The van der Waals surface area contributed by atoms with Crippen molar-refractivity contribution < 1.29 is 22.4 Å². The van der Waals surface area contributed by atoms with Crippen molar-refractivity contribution in [3.8, 4) is 0 Å². The van der Waals surface area contributed by atoms with Gasteiger partial charge >= 0.3 is 0 Å².